The average molecular weight is 319 g/mol. The number of benzene rings is 2. The molecule has 3 aromatic rings. The van der Waals surface area contributed by atoms with Crippen molar-refractivity contribution in [3.05, 3.63) is 87.5 Å². The highest BCUT2D eigenvalue weighted by Crippen LogP contribution is 2.23. The van der Waals surface area contributed by atoms with Gasteiger partial charge in [0.2, 0.25) is 0 Å². The van der Waals surface area contributed by atoms with E-state index in [2.05, 4.69) is 4.98 Å². The highest BCUT2D eigenvalue weighted by atomic mass is 16.2. The van der Waals surface area contributed by atoms with Crippen LogP contribution < -0.4 is 11.5 Å². The van der Waals surface area contributed by atoms with E-state index in [9.17, 15) is 9.59 Å². The van der Waals surface area contributed by atoms with E-state index in [-0.39, 0.29) is 5.78 Å². The Bertz CT molecular complexity index is 955. The Hall–Kier alpha value is -3.21. The second kappa shape index (κ2) is 6.12. The molecule has 1 aromatic heterocycles. The van der Waals surface area contributed by atoms with E-state index < -0.39 is 5.69 Å². The van der Waals surface area contributed by atoms with Crippen LogP contribution in [0.1, 0.15) is 27.0 Å². The maximum Gasteiger partial charge on any atom is 0.366 e. The summed E-state index contributed by atoms with van der Waals surface area (Å²) in [6.07, 6.45) is 1.34. The summed E-state index contributed by atoms with van der Waals surface area (Å²) in [5.41, 5.74) is 3.40. The third-order valence-corrected chi connectivity index (χ3v) is 3.84. The molecule has 0 saturated heterocycles. The van der Waals surface area contributed by atoms with Gasteiger partial charge >= 0.3 is 5.69 Å². The normalized spacial score (nSPS) is 10.6. The minimum absolute atomic E-state index is 0.225. The second-order valence-electron chi connectivity index (χ2n) is 5.75. The minimum Gasteiger partial charge on any atom is -0.335 e. The average Bonchev–Trinajstić information content (AvgIpc) is 2.58. The standard InChI is InChI=1S/C19H17N3O2/c1-12-3-7-14(8-4-12)17-16(11-22(20)19(24)21-17)18(23)15-9-5-13(2)6-10-15/h3-11H,20H2,1-2H3. The van der Waals surface area contributed by atoms with Crippen LogP contribution in [0.3, 0.4) is 0 Å². The number of aryl methyl sites for hydroxylation is 2. The molecule has 0 fully saturated rings. The van der Waals surface area contributed by atoms with Crippen molar-refractivity contribution < 1.29 is 4.79 Å². The number of rotatable bonds is 3. The Morgan fingerprint density at radius 2 is 1.50 bits per heavy atom. The molecule has 0 saturated carbocycles. The van der Waals surface area contributed by atoms with Gasteiger partial charge in [-0.1, -0.05) is 59.7 Å². The molecule has 0 radical (unpaired) electrons. The predicted octanol–water partition coefficient (Wildman–Crippen LogP) is 2.47. The lowest BCUT2D eigenvalue weighted by molar-refractivity contribution is 0.103. The van der Waals surface area contributed by atoms with Crippen molar-refractivity contribution in [1.29, 1.82) is 0 Å². The Labute approximate surface area is 139 Å². The summed E-state index contributed by atoms with van der Waals surface area (Å²) < 4.78 is 0.832. The fourth-order valence-corrected chi connectivity index (χ4v) is 2.43. The Kier molecular flexibility index (Phi) is 4.00. The quantitative estimate of drug-likeness (QED) is 0.594. The molecule has 2 N–H and O–H groups in total. The van der Waals surface area contributed by atoms with Crippen LogP contribution in [0.4, 0.5) is 0 Å². The molecular formula is C19H17N3O2. The number of hydrogen-bond acceptors (Lipinski definition) is 4. The van der Waals surface area contributed by atoms with Gasteiger partial charge in [0.05, 0.1) is 11.3 Å². The molecule has 5 nitrogen and oxygen atoms in total. The maximum absolute atomic E-state index is 12.9. The van der Waals surface area contributed by atoms with Crippen LogP contribution >= 0.6 is 0 Å². The molecule has 2 aromatic carbocycles. The fraction of sp³-hybridized carbons (Fsp3) is 0.105. The van der Waals surface area contributed by atoms with Crippen molar-refractivity contribution in [3.8, 4) is 11.3 Å². The molecule has 0 aliphatic carbocycles. The van der Waals surface area contributed by atoms with Crippen LogP contribution in [-0.2, 0) is 0 Å². The van der Waals surface area contributed by atoms with Gasteiger partial charge in [0.25, 0.3) is 0 Å². The van der Waals surface area contributed by atoms with Crippen molar-refractivity contribution >= 4 is 5.78 Å². The highest BCUT2D eigenvalue weighted by Gasteiger charge is 2.18. The molecule has 0 aliphatic rings. The van der Waals surface area contributed by atoms with Crippen molar-refractivity contribution in [2.75, 3.05) is 5.84 Å². The van der Waals surface area contributed by atoms with Crippen molar-refractivity contribution in [3.63, 3.8) is 0 Å². The largest absolute Gasteiger partial charge is 0.366 e. The predicted molar refractivity (Wildman–Crippen MR) is 93.4 cm³/mol. The van der Waals surface area contributed by atoms with Gasteiger partial charge in [0.15, 0.2) is 5.78 Å². The van der Waals surface area contributed by atoms with Crippen LogP contribution in [0, 0.1) is 13.8 Å². The lowest BCUT2D eigenvalue weighted by Crippen LogP contribution is -2.31. The van der Waals surface area contributed by atoms with Gasteiger partial charge in [0.1, 0.15) is 0 Å². The monoisotopic (exact) mass is 319 g/mol. The molecule has 0 aliphatic heterocycles. The molecule has 3 rings (SSSR count). The third-order valence-electron chi connectivity index (χ3n) is 3.84. The molecule has 120 valence electrons. The third kappa shape index (κ3) is 2.96. The Morgan fingerprint density at radius 3 is 2.08 bits per heavy atom. The highest BCUT2D eigenvalue weighted by molar-refractivity contribution is 6.12. The van der Waals surface area contributed by atoms with Crippen LogP contribution in [0.15, 0.2) is 59.5 Å². The van der Waals surface area contributed by atoms with Gasteiger partial charge in [-0.3, -0.25) is 4.79 Å². The SMILES string of the molecule is Cc1ccc(C(=O)c2cn(N)c(=O)nc2-c2ccc(C)cc2)cc1. The number of nitrogen functional groups attached to an aromatic ring is 1. The van der Waals surface area contributed by atoms with Crippen molar-refractivity contribution in [2.24, 2.45) is 0 Å². The first-order valence-electron chi connectivity index (χ1n) is 7.53. The van der Waals surface area contributed by atoms with Gasteiger partial charge in [-0.2, -0.15) is 4.98 Å². The number of nitrogens with zero attached hydrogens (tertiary/aromatic N) is 2. The van der Waals surface area contributed by atoms with Crippen molar-refractivity contribution in [2.45, 2.75) is 13.8 Å². The summed E-state index contributed by atoms with van der Waals surface area (Å²) in [6.45, 7) is 3.92. The lowest BCUT2D eigenvalue weighted by Gasteiger charge is -2.10. The van der Waals surface area contributed by atoms with Gasteiger partial charge < -0.3 is 5.84 Å². The Balaban J connectivity index is 2.17. The first kappa shape index (κ1) is 15.7. The van der Waals surface area contributed by atoms with Crippen LogP contribution in [0.2, 0.25) is 0 Å². The zero-order valence-corrected chi connectivity index (χ0v) is 13.5. The molecular weight excluding hydrogens is 302 g/mol. The fourth-order valence-electron chi connectivity index (χ4n) is 2.43. The van der Waals surface area contributed by atoms with Crippen LogP contribution in [0.5, 0.6) is 0 Å². The van der Waals surface area contributed by atoms with Crippen LogP contribution in [0.25, 0.3) is 11.3 Å². The van der Waals surface area contributed by atoms with E-state index in [0.717, 1.165) is 15.8 Å². The van der Waals surface area contributed by atoms with Gasteiger partial charge in [0, 0.05) is 17.3 Å². The number of nitrogens with two attached hydrogens (primary N) is 1. The zero-order chi connectivity index (χ0) is 17.3. The van der Waals surface area contributed by atoms with Crippen molar-refractivity contribution in [1.82, 2.24) is 9.66 Å². The molecule has 0 atom stereocenters. The minimum atomic E-state index is -0.606. The molecule has 1 heterocycles. The summed E-state index contributed by atoms with van der Waals surface area (Å²) in [4.78, 5) is 28.7. The van der Waals surface area contributed by atoms with Gasteiger partial charge in [-0.15, -0.1) is 0 Å². The Morgan fingerprint density at radius 1 is 0.958 bits per heavy atom. The number of carbonyl (C=O) groups excluding carboxylic acids is 1. The smallest absolute Gasteiger partial charge is 0.335 e. The van der Waals surface area contributed by atoms with E-state index in [1.807, 2.05) is 50.2 Å². The van der Waals surface area contributed by atoms with E-state index in [4.69, 9.17) is 5.84 Å². The van der Waals surface area contributed by atoms with Gasteiger partial charge in [-0.05, 0) is 13.8 Å². The number of ketones is 1. The summed E-state index contributed by atoms with van der Waals surface area (Å²) in [6, 6.07) is 14.7. The number of aromatic nitrogens is 2. The maximum atomic E-state index is 12.9. The van der Waals surface area contributed by atoms with Gasteiger partial charge in [-0.25, -0.2) is 9.47 Å². The summed E-state index contributed by atoms with van der Waals surface area (Å²) in [5, 5.41) is 0. The van der Waals surface area contributed by atoms with E-state index in [1.54, 1.807) is 12.1 Å². The zero-order valence-electron chi connectivity index (χ0n) is 13.5. The van der Waals surface area contributed by atoms with E-state index >= 15 is 0 Å². The molecule has 0 bridgehead atoms. The summed E-state index contributed by atoms with van der Waals surface area (Å²) in [5.74, 6) is 5.40. The first-order valence-corrected chi connectivity index (χ1v) is 7.53. The topological polar surface area (TPSA) is 78.0 Å². The summed E-state index contributed by atoms with van der Waals surface area (Å²) in [7, 11) is 0. The van der Waals surface area contributed by atoms with E-state index in [0.29, 0.717) is 22.4 Å². The first-order chi connectivity index (χ1) is 11.5. The lowest BCUT2D eigenvalue weighted by atomic mass is 9.98. The molecule has 24 heavy (non-hydrogen) atoms. The number of carbonyl (C=O) groups is 1. The number of hydrogen-bond donors (Lipinski definition) is 1. The molecule has 0 unspecified atom stereocenters. The van der Waals surface area contributed by atoms with Crippen LogP contribution in [-0.4, -0.2) is 15.4 Å². The molecule has 0 spiro atoms. The second-order valence-corrected chi connectivity index (χ2v) is 5.75. The summed E-state index contributed by atoms with van der Waals surface area (Å²) >= 11 is 0. The molecule has 0 amide bonds. The molecule has 5 heteroatoms. The van der Waals surface area contributed by atoms with E-state index in [1.165, 1.54) is 6.20 Å².